The first-order valence-electron chi connectivity index (χ1n) is 8.65. The number of aromatic nitrogens is 1. The van der Waals surface area contributed by atoms with E-state index in [1.165, 1.54) is 7.11 Å². The van der Waals surface area contributed by atoms with Crippen molar-refractivity contribution in [3.63, 3.8) is 0 Å². The molecule has 2 heterocycles. The zero-order valence-electron chi connectivity index (χ0n) is 15.6. The largest absolute Gasteiger partial charge is 0.466 e. The fraction of sp³-hybridized carbons (Fsp3) is 0.400. The van der Waals surface area contributed by atoms with Gasteiger partial charge in [0.1, 0.15) is 5.60 Å². The van der Waals surface area contributed by atoms with Gasteiger partial charge in [-0.3, -0.25) is 0 Å². The molecular formula is C20H24N2O4. The van der Waals surface area contributed by atoms with Gasteiger partial charge in [0.15, 0.2) is 0 Å². The number of carbonyl (C=O) groups is 2. The fourth-order valence-corrected chi connectivity index (χ4v) is 3.17. The van der Waals surface area contributed by atoms with Crippen LogP contribution in [0.2, 0.25) is 0 Å². The third kappa shape index (κ3) is 3.59. The van der Waals surface area contributed by atoms with Crippen LogP contribution >= 0.6 is 0 Å². The van der Waals surface area contributed by atoms with Crippen LogP contribution in [-0.4, -0.2) is 47.7 Å². The Bertz CT molecular complexity index is 873. The van der Waals surface area contributed by atoms with E-state index in [1.54, 1.807) is 4.90 Å². The molecule has 1 aliphatic heterocycles. The number of carbonyl (C=O) groups excluding carboxylic acids is 2. The van der Waals surface area contributed by atoms with E-state index in [0.717, 1.165) is 22.0 Å². The van der Waals surface area contributed by atoms with Crippen molar-refractivity contribution in [1.29, 1.82) is 0 Å². The first-order valence-corrected chi connectivity index (χ1v) is 8.65. The second-order valence-electron chi connectivity index (χ2n) is 7.35. The second kappa shape index (κ2) is 6.86. The highest BCUT2D eigenvalue weighted by Crippen LogP contribution is 2.33. The van der Waals surface area contributed by atoms with E-state index in [4.69, 9.17) is 9.47 Å². The van der Waals surface area contributed by atoms with Crippen LogP contribution in [0.1, 0.15) is 32.8 Å². The number of hydrogen-bond donors (Lipinski definition) is 1. The molecule has 6 heteroatoms. The Morgan fingerprint density at radius 1 is 1.19 bits per heavy atom. The minimum Gasteiger partial charge on any atom is -0.466 e. The molecule has 0 radical (unpaired) electrons. The van der Waals surface area contributed by atoms with Crippen molar-refractivity contribution >= 4 is 28.5 Å². The lowest BCUT2D eigenvalue weighted by molar-refractivity contribution is -0.136. The van der Waals surface area contributed by atoms with Crippen molar-refractivity contribution in [2.24, 2.45) is 0 Å². The molecule has 0 spiro atoms. The van der Waals surface area contributed by atoms with Crippen LogP contribution in [0, 0.1) is 0 Å². The van der Waals surface area contributed by atoms with Crippen LogP contribution in [-0.2, 0) is 14.3 Å². The van der Waals surface area contributed by atoms with Crippen LogP contribution in [0.3, 0.4) is 0 Å². The molecule has 6 nitrogen and oxygen atoms in total. The number of H-pyrrole nitrogens is 1. The zero-order valence-corrected chi connectivity index (χ0v) is 15.6. The third-order valence-electron chi connectivity index (χ3n) is 4.34. The number of methoxy groups -OCH3 is 1. The highest BCUT2D eigenvalue weighted by Gasteiger charge is 2.31. The molecule has 1 amide bonds. The van der Waals surface area contributed by atoms with Gasteiger partial charge in [0.2, 0.25) is 0 Å². The number of nitrogens with one attached hydrogen (secondary N) is 1. The smallest absolute Gasteiger partial charge is 0.410 e. The number of rotatable bonds is 2. The van der Waals surface area contributed by atoms with Crippen LogP contribution in [0.15, 0.2) is 36.0 Å². The molecule has 1 aliphatic rings. The molecule has 1 aromatic carbocycles. The van der Waals surface area contributed by atoms with Gasteiger partial charge in [-0.1, -0.05) is 18.2 Å². The molecule has 0 saturated carbocycles. The van der Waals surface area contributed by atoms with Crippen molar-refractivity contribution in [2.45, 2.75) is 32.8 Å². The highest BCUT2D eigenvalue weighted by atomic mass is 16.6. The number of para-hydroxylation sites is 1. The summed E-state index contributed by atoms with van der Waals surface area (Å²) >= 11 is 0. The summed E-state index contributed by atoms with van der Waals surface area (Å²) in [5.74, 6) is -0.418. The number of fused-ring (bicyclic) bond motifs is 1. The minimum absolute atomic E-state index is 0.177. The van der Waals surface area contributed by atoms with Gasteiger partial charge in [0.25, 0.3) is 0 Å². The van der Waals surface area contributed by atoms with Crippen LogP contribution in [0.4, 0.5) is 4.79 Å². The predicted octanol–water partition coefficient (Wildman–Crippen LogP) is 3.74. The fourth-order valence-electron chi connectivity index (χ4n) is 3.17. The molecule has 0 aliphatic carbocycles. The predicted molar refractivity (Wildman–Crippen MR) is 99.7 cm³/mol. The van der Waals surface area contributed by atoms with Gasteiger partial charge in [-0.05, 0) is 38.8 Å². The average Bonchev–Trinajstić information content (AvgIpc) is 3.03. The number of hydrogen-bond acceptors (Lipinski definition) is 4. The maximum absolute atomic E-state index is 12.4. The van der Waals surface area contributed by atoms with Crippen LogP contribution < -0.4 is 0 Å². The van der Waals surface area contributed by atoms with E-state index in [-0.39, 0.29) is 6.54 Å². The molecule has 0 saturated heterocycles. The zero-order chi connectivity index (χ0) is 18.9. The minimum atomic E-state index is -0.580. The van der Waals surface area contributed by atoms with Crippen molar-refractivity contribution in [3.8, 4) is 0 Å². The number of nitrogens with zero attached hydrogens (tertiary/aromatic N) is 1. The Labute approximate surface area is 152 Å². The molecule has 26 heavy (non-hydrogen) atoms. The Morgan fingerprint density at radius 3 is 2.62 bits per heavy atom. The van der Waals surface area contributed by atoms with Gasteiger partial charge < -0.3 is 19.4 Å². The summed E-state index contributed by atoms with van der Waals surface area (Å²) in [4.78, 5) is 29.6. The lowest BCUT2D eigenvalue weighted by atomic mass is 9.93. The second-order valence-corrected chi connectivity index (χ2v) is 7.35. The maximum Gasteiger partial charge on any atom is 0.410 e. The summed E-state index contributed by atoms with van der Waals surface area (Å²) < 4.78 is 10.4. The first kappa shape index (κ1) is 18.0. The third-order valence-corrected chi connectivity index (χ3v) is 4.34. The van der Waals surface area contributed by atoms with Crippen molar-refractivity contribution in [1.82, 2.24) is 9.88 Å². The monoisotopic (exact) mass is 356 g/mol. The summed E-state index contributed by atoms with van der Waals surface area (Å²) in [6.45, 7) is 6.14. The van der Waals surface area contributed by atoms with Crippen LogP contribution in [0.5, 0.6) is 0 Å². The molecule has 138 valence electrons. The van der Waals surface area contributed by atoms with Crippen molar-refractivity contribution in [2.75, 3.05) is 20.2 Å². The summed E-state index contributed by atoms with van der Waals surface area (Å²) in [6, 6.07) is 7.94. The molecule has 1 N–H and O–H groups in total. The lowest BCUT2D eigenvalue weighted by Gasteiger charge is -2.31. The Morgan fingerprint density at radius 2 is 1.92 bits per heavy atom. The lowest BCUT2D eigenvalue weighted by Crippen LogP contribution is -2.41. The molecule has 0 atom stereocenters. The van der Waals surface area contributed by atoms with Gasteiger partial charge in [-0.25, -0.2) is 9.59 Å². The maximum atomic E-state index is 12.4. The summed E-state index contributed by atoms with van der Waals surface area (Å²) in [5.41, 5.74) is 2.81. The molecule has 0 unspecified atom stereocenters. The highest BCUT2D eigenvalue weighted by molar-refractivity contribution is 6.03. The SMILES string of the molecule is COC(=O)C1=C(c2c[nH]c3ccccc23)CCN(C(=O)OC(C)(C)C)C1. The quantitative estimate of drug-likeness (QED) is 0.832. The Kier molecular flexibility index (Phi) is 4.76. The van der Waals surface area contributed by atoms with E-state index in [1.807, 2.05) is 51.2 Å². The molecule has 2 aromatic rings. The normalized spacial score (nSPS) is 15.3. The van der Waals surface area contributed by atoms with Crippen molar-refractivity contribution in [3.05, 3.63) is 41.6 Å². The van der Waals surface area contributed by atoms with E-state index in [2.05, 4.69) is 4.98 Å². The van der Waals surface area contributed by atoms with Crippen molar-refractivity contribution < 1.29 is 19.1 Å². The van der Waals surface area contributed by atoms with E-state index < -0.39 is 17.7 Å². The summed E-state index contributed by atoms with van der Waals surface area (Å²) in [5, 5.41) is 1.05. The molecule has 3 rings (SSSR count). The number of aromatic amines is 1. The molecule has 1 aromatic heterocycles. The van der Waals surface area contributed by atoms with E-state index >= 15 is 0 Å². The molecule has 0 bridgehead atoms. The number of ether oxygens (including phenoxy) is 2. The summed E-state index contributed by atoms with van der Waals surface area (Å²) in [6.07, 6.45) is 2.05. The van der Waals surface area contributed by atoms with E-state index in [0.29, 0.717) is 18.5 Å². The number of benzene rings is 1. The molecule has 0 fully saturated rings. The van der Waals surface area contributed by atoms with Gasteiger partial charge in [0.05, 0.1) is 19.2 Å². The molecular weight excluding hydrogens is 332 g/mol. The number of amides is 1. The first-order chi connectivity index (χ1) is 12.3. The van der Waals surface area contributed by atoms with Gasteiger partial charge in [0, 0.05) is 29.2 Å². The number of esters is 1. The Balaban J connectivity index is 1.97. The van der Waals surface area contributed by atoms with Gasteiger partial charge in [-0.2, -0.15) is 0 Å². The topological polar surface area (TPSA) is 71.6 Å². The van der Waals surface area contributed by atoms with Gasteiger partial charge >= 0.3 is 12.1 Å². The Hall–Kier alpha value is -2.76. The van der Waals surface area contributed by atoms with E-state index in [9.17, 15) is 9.59 Å². The standard InChI is InChI=1S/C20H24N2O4/c1-20(2,3)26-19(24)22-10-9-13(16(12-22)18(23)25-4)15-11-21-17-8-6-5-7-14(15)17/h5-8,11,21H,9-10,12H2,1-4H3. The van der Waals surface area contributed by atoms with Gasteiger partial charge in [-0.15, -0.1) is 0 Å². The summed E-state index contributed by atoms with van der Waals surface area (Å²) in [7, 11) is 1.36. The van der Waals surface area contributed by atoms with Crippen LogP contribution in [0.25, 0.3) is 16.5 Å². The average molecular weight is 356 g/mol.